The number of aliphatic hydroxyl groups excluding tert-OH is 1. The van der Waals surface area contributed by atoms with Crippen molar-refractivity contribution in [3.05, 3.63) is 82.4 Å². The monoisotopic (exact) mass is 473 g/mol. The largest absolute Gasteiger partial charge is 0.394 e. The van der Waals surface area contributed by atoms with E-state index in [2.05, 4.69) is 33.4 Å². The number of carbonyl (C=O) groups excluding carboxylic acids is 1. The minimum Gasteiger partial charge on any atom is -0.394 e. The van der Waals surface area contributed by atoms with Crippen LogP contribution in [0, 0.1) is 10.8 Å². The van der Waals surface area contributed by atoms with Gasteiger partial charge in [-0.25, -0.2) is 0 Å². The molecule has 32 heavy (non-hydrogen) atoms. The van der Waals surface area contributed by atoms with Gasteiger partial charge in [0.05, 0.1) is 24.1 Å². The number of carbonyl (C=O) groups is 1. The van der Waals surface area contributed by atoms with Gasteiger partial charge in [-0.15, -0.1) is 6.58 Å². The van der Waals surface area contributed by atoms with Crippen LogP contribution in [-0.2, 0) is 4.79 Å². The number of hydrogen-bond acceptors (Lipinski definition) is 2. The fraction of sp³-hybridized carbons (Fsp3) is 0.444. The standard InChI is InChI=1S/C27H33Cl2NO2/c1-6-14-27(5)16-22(19-8-7-9-21(29)15-19)24(18-10-12-20(28)13-11-18)30(25(27)32)23(17-31)26(2,3)4/h6-13,15,22-24,31H,1,14,16-17H2,2-5H3/t22-,23?,24-,27+/m1/s1. The molecule has 0 bridgehead atoms. The summed E-state index contributed by atoms with van der Waals surface area (Å²) in [5, 5.41) is 11.8. The van der Waals surface area contributed by atoms with Crippen LogP contribution in [0.1, 0.15) is 63.6 Å². The first kappa shape index (κ1) is 24.8. The zero-order valence-electron chi connectivity index (χ0n) is 19.3. The highest BCUT2D eigenvalue weighted by Crippen LogP contribution is 2.53. The van der Waals surface area contributed by atoms with E-state index in [1.54, 1.807) is 0 Å². The molecule has 0 spiro atoms. The molecular formula is C27H33Cl2NO2. The van der Waals surface area contributed by atoms with Gasteiger partial charge in [-0.2, -0.15) is 0 Å². The Morgan fingerprint density at radius 1 is 1.16 bits per heavy atom. The Morgan fingerprint density at radius 2 is 1.81 bits per heavy atom. The summed E-state index contributed by atoms with van der Waals surface area (Å²) in [6.45, 7) is 12.0. The molecule has 0 radical (unpaired) electrons. The van der Waals surface area contributed by atoms with E-state index in [4.69, 9.17) is 23.2 Å². The molecule has 2 aromatic rings. The van der Waals surface area contributed by atoms with Crippen molar-refractivity contribution in [2.75, 3.05) is 6.61 Å². The second-order valence-electron chi connectivity index (χ2n) is 10.2. The number of amides is 1. The molecule has 1 heterocycles. The maximum Gasteiger partial charge on any atom is 0.229 e. The fourth-order valence-corrected chi connectivity index (χ4v) is 5.33. The Hall–Kier alpha value is -1.81. The second-order valence-corrected chi connectivity index (χ2v) is 11.1. The lowest BCUT2D eigenvalue weighted by Crippen LogP contribution is -2.59. The minimum atomic E-state index is -0.629. The molecule has 1 amide bonds. The van der Waals surface area contributed by atoms with Gasteiger partial charge in [0, 0.05) is 16.0 Å². The molecule has 1 aliphatic rings. The van der Waals surface area contributed by atoms with Crippen LogP contribution in [0.15, 0.2) is 61.2 Å². The topological polar surface area (TPSA) is 40.5 Å². The van der Waals surface area contributed by atoms with Crippen molar-refractivity contribution < 1.29 is 9.90 Å². The van der Waals surface area contributed by atoms with Crippen LogP contribution in [0.4, 0.5) is 0 Å². The number of benzene rings is 2. The van der Waals surface area contributed by atoms with Crippen LogP contribution in [0.3, 0.4) is 0 Å². The second kappa shape index (κ2) is 9.59. The maximum atomic E-state index is 14.1. The molecule has 1 unspecified atom stereocenters. The average molecular weight is 474 g/mol. The zero-order chi connectivity index (χ0) is 23.7. The summed E-state index contributed by atoms with van der Waals surface area (Å²) >= 11 is 12.6. The highest BCUT2D eigenvalue weighted by atomic mass is 35.5. The molecule has 0 saturated carbocycles. The lowest BCUT2D eigenvalue weighted by atomic mass is 9.66. The third-order valence-electron chi connectivity index (χ3n) is 6.69. The van der Waals surface area contributed by atoms with Crippen molar-refractivity contribution in [1.82, 2.24) is 4.90 Å². The first-order valence-electron chi connectivity index (χ1n) is 11.1. The number of hydrogen-bond donors (Lipinski definition) is 1. The van der Waals surface area contributed by atoms with Crippen LogP contribution in [0.2, 0.25) is 10.0 Å². The first-order valence-corrected chi connectivity index (χ1v) is 11.8. The molecule has 3 rings (SSSR count). The molecule has 172 valence electrons. The Labute approximate surface area is 202 Å². The van der Waals surface area contributed by atoms with Gasteiger partial charge in [0.25, 0.3) is 0 Å². The summed E-state index contributed by atoms with van der Waals surface area (Å²) in [6, 6.07) is 15.0. The number of halogens is 2. The summed E-state index contributed by atoms with van der Waals surface area (Å²) in [5.74, 6) is 0.0403. The molecule has 3 nitrogen and oxygen atoms in total. The van der Waals surface area contributed by atoms with Crippen LogP contribution >= 0.6 is 23.2 Å². The number of aliphatic hydroxyl groups is 1. The van der Waals surface area contributed by atoms with Gasteiger partial charge in [0.15, 0.2) is 0 Å². The van der Waals surface area contributed by atoms with E-state index in [1.165, 1.54) is 0 Å². The van der Waals surface area contributed by atoms with Crippen molar-refractivity contribution >= 4 is 29.1 Å². The molecule has 4 atom stereocenters. The molecule has 1 N–H and O–H groups in total. The van der Waals surface area contributed by atoms with Crippen molar-refractivity contribution in [2.45, 2.75) is 58.5 Å². The van der Waals surface area contributed by atoms with Crippen LogP contribution < -0.4 is 0 Å². The molecule has 0 aromatic heterocycles. The highest BCUT2D eigenvalue weighted by Gasteiger charge is 2.52. The van der Waals surface area contributed by atoms with E-state index in [-0.39, 0.29) is 35.9 Å². The lowest BCUT2D eigenvalue weighted by molar-refractivity contribution is -0.160. The molecule has 1 aliphatic heterocycles. The molecule has 2 aromatic carbocycles. The Bertz CT molecular complexity index is 966. The number of allylic oxidation sites excluding steroid dienone is 1. The predicted octanol–water partition coefficient (Wildman–Crippen LogP) is 7.04. The van der Waals surface area contributed by atoms with Crippen molar-refractivity contribution in [3.8, 4) is 0 Å². The number of nitrogens with zero attached hydrogens (tertiary/aromatic N) is 1. The third kappa shape index (κ3) is 4.90. The van der Waals surface area contributed by atoms with Gasteiger partial charge in [0.2, 0.25) is 5.91 Å². The molecule has 5 heteroatoms. The van der Waals surface area contributed by atoms with Gasteiger partial charge >= 0.3 is 0 Å². The summed E-state index contributed by atoms with van der Waals surface area (Å²) in [4.78, 5) is 16.0. The lowest BCUT2D eigenvalue weighted by Gasteiger charge is -2.54. The molecule has 0 aliphatic carbocycles. The van der Waals surface area contributed by atoms with Gasteiger partial charge in [-0.1, -0.05) is 81.2 Å². The molecule has 1 fully saturated rings. The van der Waals surface area contributed by atoms with Crippen LogP contribution in [-0.4, -0.2) is 28.6 Å². The van der Waals surface area contributed by atoms with E-state index in [0.717, 1.165) is 11.1 Å². The predicted molar refractivity (Wildman–Crippen MR) is 133 cm³/mol. The average Bonchev–Trinajstić information content (AvgIpc) is 2.71. The smallest absolute Gasteiger partial charge is 0.229 e. The molecular weight excluding hydrogens is 441 g/mol. The minimum absolute atomic E-state index is 0.00562. The Morgan fingerprint density at radius 3 is 2.34 bits per heavy atom. The molecule has 1 saturated heterocycles. The van der Waals surface area contributed by atoms with Gasteiger partial charge < -0.3 is 10.0 Å². The van der Waals surface area contributed by atoms with E-state index >= 15 is 0 Å². The third-order valence-corrected chi connectivity index (χ3v) is 7.18. The van der Waals surface area contributed by atoms with Crippen LogP contribution in [0.25, 0.3) is 0 Å². The first-order chi connectivity index (χ1) is 15.0. The van der Waals surface area contributed by atoms with Crippen molar-refractivity contribution in [1.29, 1.82) is 0 Å². The zero-order valence-corrected chi connectivity index (χ0v) is 20.8. The van der Waals surface area contributed by atoms with Gasteiger partial charge in [-0.3, -0.25) is 4.79 Å². The Kier molecular flexibility index (Phi) is 7.44. The number of piperidine rings is 1. The van der Waals surface area contributed by atoms with Crippen molar-refractivity contribution in [3.63, 3.8) is 0 Å². The van der Waals surface area contributed by atoms with E-state index in [9.17, 15) is 9.90 Å². The summed E-state index contributed by atoms with van der Waals surface area (Å²) in [6.07, 6.45) is 3.04. The quantitative estimate of drug-likeness (QED) is 0.456. The fourth-order valence-electron chi connectivity index (χ4n) is 5.01. The van der Waals surface area contributed by atoms with Crippen LogP contribution in [0.5, 0.6) is 0 Å². The van der Waals surface area contributed by atoms with E-state index in [1.807, 2.05) is 60.4 Å². The summed E-state index contributed by atoms with van der Waals surface area (Å²) in [7, 11) is 0. The number of likely N-dealkylation sites (tertiary alicyclic amines) is 1. The van der Waals surface area contributed by atoms with Crippen molar-refractivity contribution in [2.24, 2.45) is 10.8 Å². The van der Waals surface area contributed by atoms with Gasteiger partial charge in [0.1, 0.15) is 0 Å². The van der Waals surface area contributed by atoms with Gasteiger partial charge in [-0.05, 0) is 53.6 Å². The Balaban J connectivity index is 2.27. The van der Waals surface area contributed by atoms with E-state index < -0.39 is 5.41 Å². The highest BCUT2D eigenvalue weighted by molar-refractivity contribution is 6.30. The van der Waals surface area contributed by atoms with E-state index in [0.29, 0.717) is 22.9 Å². The summed E-state index contributed by atoms with van der Waals surface area (Å²) < 4.78 is 0. The maximum absolute atomic E-state index is 14.1. The number of rotatable bonds is 6. The SMILES string of the molecule is C=CC[C@@]1(C)C[C@H](c2cccc(Cl)c2)[C@@H](c2ccc(Cl)cc2)N(C(CO)C(C)(C)C)C1=O. The normalized spacial score (nSPS) is 25.0. The summed E-state index contributed by atoms with van der Waals surface area (Å²) in [5.41, 5.74) is 1.13.